The molecule has 1 aromatic heterocycles. The molecule has 0 saturated heterocycles. The van der Waals surface area contributed by atoms with Gasteiger partial charge in [-0.05, 0) is 25.0 Å². The van der Waals surface area contributed by atoms with Crippen molar-refractivity contribution in [3.8, 4) is 11.6 Å². The van der Waals surface area contributed by atoms with Gasteiger partial charge >= 0.3 is 5.69 Å². The molecule has 2 aromatic rings. The van der Waals surface area contributed by atoms with E-state index < -0.39 is 4.92 Å². The van der Waals surface area contributed by atoms with Gasteiger partial charge in [-0.1, -0.05) is 0 Å². The van der Waals surface area contributed by atoms with Crippen LogP contribution in [0.15, 0.2) is 29.1 Å². The Bertz CT molecular complexity index is 712. The van der Waals surface area contributed by atoms with Crippen molar-refractivity contribution in [2.24, 2.45) is 0 Å². The Morgan fingerprint density at radius 1 is 1.26 bits per heavy atom. The summed E-state index contributed by atoms with van der Waals surface area (Å²) < 4.78 is 2.72. The van der Waals surface area contributed by atoms with Crippen molar-refractivity contribution in [1.82, 2.24) is 9.13 Å². The second-order valence-corrected chi connectivity index (χ2v) is 4.42. The van der Waals surface area contributed by atoms with Gasteiger partial charge < -0.3 is 5.11 Å². The SMILES string of the molecule is O=c1n2c(c(O)n1-c1ccc([N+](=O)[O-])cc1)CCC2. The maximum absolute atomic E-state index is 12.1. The second kappa shape index (κ2) is 3.98. The van der Waals surface area contributed by atoms with Gasteiger partial charge in [0.1, 0.15) is 0 Å². The highest BCUT2D eigenvalue weighted by Crippen LogP contribution is 2.26. The number of fused-ring (bicyclic) bond motifs is 1. The molecule has 98 valence electrons. The molecule has 7 nitrogen and oxygen atoms in total. The first kappa shape index (κ1) is 11.5. The Morgan fingerprint density at radius 2 is 1.95 bits per heavy atom. The predicted molar refractivity (Wildman–Crippen MR) is 66.7 cm³/mol. The predicted octanol–water partition coefficient (Wildman–Crippen LogP) is 1.20. The largest absolute Gasteiger partial charge is 0.493 e. The lowest BCUT2D eigenvalue weighted by Gasteiger charge is -2.03. The summed E-state index contributed by atoms with van der Waals surface area (Å²) in [5.74, 6) is -0.0728. The molecule has 0 unspecified atom stereocenters. The molecule has 0 spiro atoms. The third-order valence-electron chi connectivity index (χ3n) is 3.33. The molecule has 3 rings (SSSR count). The number of hydrogen-bond donors (Lipinski definition) is 1. The van der Waals surface area contributed by atoms with Gasteiger partial charge in [-0.3, -0.25) is 14.7 Å². The highest BCUT2D eigenvalue weighted by Gasteiger charge is 2.24. The molecule has 0 amide bonds. The van der Waals surface area contributed by atoms with Gasteiger partial charge in [0.15, 0.2) is 0 Å². The molecule has 7 heteroatoms. The molecule has 2 heterocycles. The number of nitro benzene ring substituents is 1. The topological polar surface area (TPSA) is 90.3 Å². The van der Waals surface area contributed by atoms with Crippen molar-refractivity contribution in [3.05, 3.63) is 50.6 Å². The summed E-state index contributed by atoms with van der Waals surface area (Å²) in [6, 6.07) is 5.53. The zero-order valence-corrected chi connectivity index (χ0v) is 9.94. The van der Waals surface area contributed by atoms with E-state index in [9.17, 15) is 20.0 Å². The monoisotopic (exact) mass is 261 g/mol. The number of benzene rings is 1. The summed E-state index contributed by atoms with van der Waals surface area (Å²) in [6.45, 7) is 0.599. The third kappa shape index (κ3) is 1.62. The van der Waals surface area contributed by atoms with E-state index in [-0.39, 0.29) is 17.3 Å². The molecule has 0 bridgehead atoms. The second-order valence-electron chi connectivity index (χ2n) is 4.42. The van der Waals surface area contributed by atoms with E-state index in [2.05, 4.69) is 0 Å². The van der Waals surface area contributed by atoms with Crippen LogP contribution in [0.25, 0.3) is 5.69 Å². The average molecular weight is 261 g/mol. The molecule has 1 N–H and O–H groups in total. The molecule has 1 aliphatic heterocycles. The summed E-state index contributed by atoms with van der Waals surface area (Å²) in [5.41, 5.74) is 0.695. The van der Waals surface area contributed by atoms with Crippen LogP contribution >= 0.6 is 0 Å². The minimum Gasteiger partial charge on any atom is -0.493 e. The number of aromatic hydroxyl groups is 1. The van der Waals surface area contributed by atoms with Crippen molar-refractivity contribution in [3.63, 3.8) is 0 Å². The molecule has 0 atom stereocenters. The van der Waals surface area contributed by atoms with Crippen LogP contribution in [0.2, 0.25) is 0 Å². The summed E-state index contributed by atoms with van der Waals surface area (Å²) in [5, 5.41) is 20.7. The fraction of sp³-hybridized carbons (Fsp3) is 0.250. The van der Waals surface area contributed by atoms with E-state index in [0.29, 0.717) is 24.3 Å². The lowest BCUT2D eigenvalue weighted by atomic mass is 10.2. The molecule has 0 aliphatic carbocycles. The van der Waals surface area contributed by atoms with Gasteiger partial charge in [0, 0.05) is 18.7 Å². The number of imidazole rings is 1. The van der Waals surface area contributed by atoms with Crippen LogP contribution in [-0.4, -0.2) is 19.2 Å². The number of non-ortho nitro benzene ring substituents is 1. The number of nitrogens with zero attached hydrogens (tertiary/aromatic N) is 3. The Morgan fingerprint density at radius 3 is 2.53 bits per heavy atom. The molecule has 0 fully saturated rings. The lowest BCUT2D eigenvalue weighted by Crippen LogP contribution is -2.22. The van der Waals surface area contributed by atoms with Crippen molar-refractivity contribution < 1.29 is 10.0 Å². The third-order valence-corrected chi connectivity index (χ3v) is 3.33. The van der Waals surface area contributed by atoms with Crippen molar-refractivity contribution in [2.75, 3.05) is 0 Å². The Kier molecular flexibility index (Phi) is 2.41. The van der Waals surface area contributed by atoms with E-state index in [1.54, 1.807) is 0 Å². The van der Waals surface area contributed by atoms with Crippen LogP contribution in [0, 0.1) is 10.1 Å². The van der Waals surface area contributed by atoms with Crippen LogP contribution in [0.5, 0.6) is 5.88 Å². The minimum absolute atomic E-state index is 0.0527. The Labute approximate surface area is 107 Å². The van der Waals surface area contributed by atoms with Gasteiger partial charge in [-0.25, -0.2) is 9.36 Å². The fourth-order valence-electron chi connectivity index (χ4n) is 2.41. The zero-order valence-electron chi connectivity index (χ0n) is 9.94. The van der Waals surface area contributed by atoms with Gasteiger partial charge in [0.05, 0.1) is 16.3 Å². The summed E-state index contributed by atoms with van der Waals surface area (Å²) >= 11 is 0. The Balaban J connectivity index is 2.13. The smallest absolute Gasteiger partial charge is 0.335 e. The first-order valence-electron chi connectivity index (χ1n) is 5.88. The van der Waals surface area contributed by atoms with Crippen LogP contribution in [0.1, 0.15) is 12.1 Å². The molecule has 1 aromatic carbocycles. The lowest BCUT2D eigenvalue weighted by molar-refractivity contribution is -0.384. The van der Waals surface area contributed by atoms with E-state index in [1.165, 1.54) is 33.4 Å². The minimum atomic E-state index is -0.508. The summed E-state index contributed by atoms with van der Waals surface area (Å²) in [7, 11) is 0. The number of rotatable bonds is 2. The highest BCUT2D eigenvalue weighted by molar-refractivity contribution is 5.44. The van der Waals surface area contributed by atoms with Crippen molar-refractivity contribution in [1.29, 1.82) is 0 Å². The summed E-state index contributed by atoms with van der Waals surface area (Å²) in [4.78, 5) is 22.2. The van der Waals surface area contributed by atoms with Gasteiger partial charge in [-0.15, -0.1) is 0 Å². The van der Waals surface area contributed by atoms with Crippen molar-refractivity contribution in [2.45, 2.75) is 19.4 Å². The molecular formula is C12H11N3O4. The quantitative estimate of drug-likeness (QED) is 0.649. The van der Waals surface area contributed by atoms with E-state index in [1.807, 2.05) is 0 Å². The van der Waals surface area contributed by atoms with E-state index in [4.69, 9.17) is 0 Å². The van der Waals surface area contributed by atoms with E-state index in [0.717, 1.165) is 6.42 Å². The van der Waals surface area contributed by atoms with Gasteiger partial charge in [0.25, 0.3) is 5.69 Å². The first-order valence-corrected chi connectivity index (χ1v) is 5.88. The van der Waals surface area contributed by atoms with Crippen LogP contribution < -0.4 is 5.69 Å². The maximum Gasteiger partial charge on any atom is 0.335 e. The Hall–Kier alpha value is -2.57. The molecule has 1 aliphatic rings. The van der Waals surface area contributed by atoms with Crippen LogP contribution in [0.4, 0.5) is 5.69 Å². The zero-order chi connectivity index (χ0) is 13.6. The maximum atomic E-state index is 12.1. The van der Waals surface area contributed by atoms with Crippen molar-refractivity contribution >= 4 is 5.69 Å². The summed E-state index contributed by atoms with van der Waals surface area (Å²) in [6.07, 6.45) is 1.51. The van der Waals surface area contributed by atoms with Crippen LogP contribution in [-0.2, 0) is 13.0 Å². The normalized spacial score (nSPS) is 13.5. The molecule has 0 saturated carbocycles. The van der Waals surface area contributed by atoms with Crippen LogP contribution in [0.3, 0.4) is 0 Å². The standard InChI is InChI=1S/C12H11N3O4/c16-11-10-2-1-7-13(10)12(17)14(11)8-3-5-9(6-4-8)15(18)19/h3-6,16H,1-2,7H2. The number of nitro groups is 1. The van der Waals surface area contributed by atoms with Gasteiger partial charge in [-0.2, -0.15) is 0 Å². The molecule has 0 radical (unpaired) electrons. The highest BCUT2D eigenvalue weighted by atomic mass is 16.6. The first-order chi connectivity index (χ1) is 9.09. The average Bonchev–Trinajstić information content (AvgIpc) is 2.95. The molecule has 19 heavy (non-hydrogen) atoms. The fourth-order valence-corrected chi connectivity index (χ4v) is 2.41. The van der Waals surface area contributed by atoms with E-state index >= 15 is 0 Å². The number of hydrogen-bond acceptors (Lipinski definition) is 4. The number of aromatic nitrogens is 2. The molecular weight excluding hydrogens is 250 g/mol. The van der Waals surface area contributed by atoms with Gasteiger partial charge in [0.2, 0.25) is 5.88 Å².